The van der Waals surface area contributed by atoms with Crippen molar-refractivity contribution >= 4 is 5.96 Å². The molecule has 0 aliphatic carbocycles. The third-order valence-corrected chi connectivity index (χ3v) is 5.08. The van der Waals surface area contributed by atoms with Gasteiger partial charge in [-0.2, -0.15) is 0 Å². The van der Waals surface area contributed by atoms with Gasteiger partial charge < -0.3 is 25.0 Å². The van der Waals surface area contributed by atoms with E-state index in [4.69, 9.17) is 9.47 Å². The van der Waals surface area contributed by atoms with Crippen LogP contribution >= 0.6 is 0 Å². The number of para-hydroxylation sites is 1. The van der Waals surface area contributed by atoms with E-state index in [-0.39, 0.29) is 11.6 Å². The Bertz CT molecular complexity index is 864. The molecule has 0 aromatic heterocycles. The van der Waals surface area contributed by atoms with Crippen molar-refractivity contribution < 1.29 is 9.47 Å². The summed E-state index contributed by atoms with van der Waals surface area (Å²) < 4.78 is 12.0. The third kappa shape index (κ3) is 6.13. The molecule has 0 amide bonds. The van der Waals surface area contributed by atoms with Gasteiger partial charge in [-0.15, -0.1) is 0 Å². The summed E-state index contributed by atoms with van der Waals surface area (Å²) >= 11 is 0. The maximum absolute atomic E-state index is 6.14. The van der Waals surface area contributed by atoms with Crippen LogP contribution in [0.1, 0.15) is 37.4 Å². The summed E-state index contributed by atoms with van der Waals surface area (Å²) in [6.07, 6.45) is 0.861. The molecule has 0 saturated heterocycles. The van der Waals surface area contributed by atoms with Crippen molar-refractivity contribution in [3.8, 4) is 11.5 Å². The first-order chi connectivity index (χ1) is 14.4. The Morgan fingerprint density at radius 3 is 2.77 bits per heavy atom. The van der Waals surface area contributed by atoms with E-state index in [1.807, 2.05) is 44.4 Å². The fourth-order valence-electron chi connectivity index (χ4n) is 3.57. The van der Waals surface area contributed by atoms with Crippen LogP contribution in [0.25, 0.3) is 0 Å². The monoisotopic (exact) mass is 410 g/mol. The standard InChI is InChI=1S/C24H34N4O2/c1-24(2)16-21(20-11-6-7-12-22(20)30-24)27-23(25-3)26-17-18-9-8-10-19(15-18)29-14-13-28(4)5/h6-12,15,21H,13-14,16-17H2,1-5H3,(H2,25,26,27). The summed E-state index contributed by atoms with van der Waals surface area (Å²) in [5, 5.41) is 7.00. The lowest BCUT2D eigenvalue weighted by Crippen LogP contribution is -2.45. The Labute approximate surface area is 180 Å². The Balaban J connectivity index is 1.61. The fraction of sp³-hybridized carbons (Fsp3) is 0.458. The fourth-order valence-corrected chi connectivity index (χ4v) is 3.57. The summed E-state index contributed by atoms with van der Waals surface area (Å²) in [5.74, 6) is 2.59. The van der Waals surface area contributed by atoms with Crippen LogP contribution in [0.2, 0.25) is 0 Å². The van der Waals surface area contributed by atoms with Crippen molar-refractivity contribution in [2.75, 3.05) is 34.3 Å². The molecule has 6 heteroatoms. The minimum atomic E-state index is -0.233. The van der Waals surface area contributed by atoms with Gasteiger partial charge in [-0.3, -0.25) is 4.99 Å². The molecule has 0 bridgehead atoms. The number of hydrogen-bond donors (Lipinski definition) is 2. The molecule has 162 valence electrons. The molecule has 1 aliphatic heterocycles. The van der Waals surface area contributed by atoms with E-state index in [1.54, 1.807) is 7.05 Å². The molecule has 1 atom stereocenters. The molecule has 0 spiro atoms. The molecule has 0 fully saturated rings. The van der Waals surface area contributed by atoms with E-state index in [0.29, 0.717) is 13.2 Å². The van der Waals surface area contributed by atoms with Crippen LogP contribution in [0.5, 0.6) is 11.5 Å². The number of hydrogen-bond acceptors (Lipinski definition) is 4. The molecule has 2 N–H and O–H groups in total. The van der Waals surface area contributed by atoms with Gasteiger partial charge in [0.05, 0.1) is 6.04 Å². The molecule has 1 aliphatic rings. The second-order valence-electron chi connectivity index (χ2n) is 8.53. The predicted octanol–water partition coefficient (Wildman–Crippen LogP) is 3.59. The number of nitrogens with one attached hydrogen (secondary N) is 2. The molecule has 0 radical (unpaired) electrons. The highest BCUT2D eigenvalue weighted by Gasteiger charge is 2.33. The summed E-state index contributed by atoms with van der Waals surface area (Å²) in [5.41, 5.74) is 2.08. The van der Waals surface area contributed by atoms with Gasteiger partial charge in [0, 0.05) is 32.1 Å². The second kappa shape index (κ2) is 9.85. The Morgan fingerprint density at radius 2 is 2.00 bits per heavy atom. The van der Waals surface area contributed by atoms with Crippen molar-refractivity contribution in [1.29, 1.82) is 0 Å². The van der Waals surface area contributed by atoms with Crippen molar-refractivity contribution in [3.05, 3.63) is 59.7 Å². The van der Waals surface area contributed by atoms with Gasteiger partial charge >= 0.3 is 0 Å². The first-order valence-electron chi connectivity index (χ1n) is 10.5. The number of guanidine groups is 1. The predicted molar refractivity (Wildman–Crippen MR) is 122 cm³/mol. The van der Waals surface area contributed by atoms with Gasteiger partial charge in [-0.1, -0.05) is 30.3 Å². The first kappa shape index (κ1) is 22.0. The van der Waals surface area contributed by atoms with Crippen LogP contribution in [-0.2, 0) is 6.54 Å². The molecule has 3 rings (SSSR count). The maximum Gasteiger partial charge on any atom is 0.191 e. The van der Waals surface area contributed by atoms with E-state index >= 15 is 0 Å². The van der Waals surface area contributed by atoms with E-state index in [1.165, 1.54) is 0 Å². The Kier molecular flexibility index (Phi) is 7.21. The van der Waals surface area contributed by atoms with Crippen LogP contribution in [-0.4, -0.2) is 50.8 Å². The van der Waals surface area contributed by atoms with Crippen LogP contribution in [0.15, 0.2) is 53.5 Å². The molecular formula is C24H34N4O2. The van der Waals surface area contributed by atoms with E-state index in [0.717, 1.165) is 41.6 Å². The number of fused-ring (bicyclic) bond motifs is 1. The van der Waals surface area contributed by atoms with Gasteiger partial charge in [0.15, 0.2) is 5.96 Å². The minimum absolute atomic E-state index is 0.136. The van der Waals surface area contributed by atoms with Crippen LogP contribution < -0.4 is 20.1 Å². The highest BCUT2D eigenvalue weighted by atomic mass is 16.5. The van der Waals surface area contributed by atoms with Gasteiger partial charge in [0.1, 0.15) is 23.7 Å². The van der Waals surface area contributed by atoms with Crippen LogP contribution in [0.3, 0.4) is 0 Å². The zero-order valence-electron chi connectivity index (χ0n) is 18.7. The second-order valence-corrected chi connectivity index (χ2v) is 8.53. The van der Waals surface area contributed by atoms with Crippen LogP contribution in [0.4, 0.5) is 0 Å². The molecule has 0 saturated carbocycles. The Morgan fingerprint density at radius 1 is 1.20 bits per heavy atom. The third-order valence-electron chi connectivity index (χ3n) is 5.08. The summed E-state index contributed by atoms with van der Waals surface area (Å²) in [4.78, 5) is 6.53. The van der Waals surface area contributed by atoms with Crippen molar-refractivity contribution in [3.63, 3.8) is 0 Å². The molecule has 6 nitrogen and oxygen atoms in total. The maximum atomic E-state index is 6.14. The number of nitrogens with zero attached hydrogens (tertiary/aromatic N) is 2. The van der Waals surface area contributed by atoms with E-state index in [9.17, 15) is 0 Å². The molecule has 30 heavy (non-hydrogen) atoms. The summed E-state index contributed by atoms with van der Waals surface area (Å²) in [6, 6.07) is 16.5. The molecule has 1 unspecified atom stereocenters. The summed E-state index contributed by atoms with van der Waals surface area (Å²) in [7, 11) is 5.88. The minimum Gasteiger partial charge on any atom is -0.492 e. The van der Waals surface area contributed by atoms with Crippen molar-refractivity contribution in [1.82, 2.24) is 15.5 Å². The number of likely N-dealkylation sites (N-methyl/N-ethyl adjacent to an activating group) is 1. The van der Waals surface area contributed by atoms with Gasteiger partial charge in [0.25, 0.3) is 0 Å². The smallest absolute Gasteiger partial charge is 0.191 e. The number of aliphatic imine (C=N–C) groups is 1. The average Bonchev–Trinajstić information content (AvgIpc) is 2.70. The number of ether oxygens (including phenoxy) is 2. The van der Waals surface area contributed by atoms with Crippen LogP contribution in [0, 0.1) is 0 Å². The molecule has 1 heterocycles. The quantitative estimate of drug-likeness (QED) is 0.540. The van der Waals surface area contributed by atoms with Crippen molar-refractivity contribution in [2.45, 2.75) is 38.5 Å². The lowest BCUT2D eigenvalue weighted by atomic mass is 9.90. The highest BCUT2D eigenvalue weighted by molar-refractivity contribution is 5.80. The van der Waals surface area contributed by atoms with Gasteiger partial charge in [-0.05, 0) is 51.7 Å². The number of rotatable bonds is 7. The summed E-state index contributed by atoms with van der Waals surface area (Å²) in [6.45, 7) is 6.47. The molecule has 2 aromatic carbocycles. The van der Waals surface area contributed by atoms with E-state index < -0.39 is 0 Å². The number of benzene rings is 2. The zero-order chi connectivity index (χ0) is 21.6. The zero-order valence-corrected chi connectivity index (χ0v) is 18.7. The topological polar surface area (TPSA) is 58.1 Å². The Hall–Kier alpha value is -2.73. The normalized spacial score (nSPS) is 17.8. The average molecular weight is 411 g/mol. The SMILES string of the molecule is CN=C(NCc1cccc(OCCN(C)C)c1)NC1CC(C)(C)Oc2ccccc21. The molecule has 2 aromatic rings. The lowest BCUT2D eigenvalue weighted by Gasteiger charge is -2.38. The van der Waals surface area contributed by atoms with E-state index in [2.05, 4.69) is 52.6 Å². The van der Waals surface area contributed by atoms with Gasteiger partial charge in [0.2, 0.25) is 0 Å². The highest BCUT2D eigenvalue weighted by Crippen LogP contribution is 2.39. The first-order valence-corrected chi connectivity index (χ1v) is 10.5. The lowest BCUT2D eigenvalue weighted by molar-refractivity contribution is 0.0694. The van der Waals surface area contributed by atoms with Crippen molar-refractivity contribution in [2.24, 2.45) is 4.99 Å². The largest absolute Gasteiger partial charge is 0.492 e. The van der Waals surface area contributed by atoms with Gasteiger partial charge in [-0.25, -0.2) is 0 Å². The molecular weight excluding hydrogens is 376 g/mol.